The lowest BCUT2D eigenvalue weighted by atomic mass is 10.2. The molecule has 4 rings (SSSR count). The minimum absolute atomic E-state index is 0.0561. The largest absolute Gasteiger partial charge is 0.302 e. The van der Waals surface area contributed by atoms with Crippen LogP contribution < -0.4 is 5.56 Å². The van der Waals surface area contributed by atoms with Crippen LogP contribution in [0, 0.1) is 0 Å². The summed E-state index contributed by atoms with van der Waals surface area (Å²) in [5.74, 6) is 1.41. The van der Waals surface area contributed by atoms with Crippen molar-refractivity contribution < 1.29 is 0 Å². The first-order chi connectivity index (χ1) is 12.7. The van der Waals surface area contributed by atoms with E-state index in [9.17, 15) is 4.79 Å². The smallest absolute Gasteiger partial charge is 0.258 e. The van der Waals surface area contributed by atoms with E-state index in [-0.39, 0.29) is 5.56 Å². The van der Waals surface area contributed by atoms with Crippen molar-refractivity contribution in [2.45, 2.75) is 24.4 Å². The maximum absolute atomic E-state index is 12.1. The van der Waals surface area contributed by atoms with Gasteiger partial charge in [-0.2, -0.15) is 0 Å². The molecule has 0 saturated carbocycles. The van der Waals surface area contributed by atoms with E-state index in [1.165, 1.54) is 23.1 Å². The van der Waals surface area contributed by atoms with E-state index in [2.05, 4.69) is 42.6 Å². The summed E-state index contributed by atoms with van der Waals surface area (Å²) in [6.45, 7) is 2.83. The molecular formula is C17H14BrN5OS2. The van der Waals surface area contributed by atoms with Crippen molar-refractivity contribution in [1.82, 2.24) is 24.1 Å². The van der Waals surface area contributed by atoms with Crippen molar-refractivity contribution >= 4 is 44.0 Å². The molecule has 0 bridgehead atoms. The van der Waals surface area contributed by atoms with Gasteiger partial charge >= 0.3 is 0 Å². The molecule has 0 fully saturated rings. The van der Waals surface area contributed by atoms with Crippen LogP contribution in [0.1, 0.15) is 12.6 Å². The average Bonchev–Trinajstić information content (AvgIpc) is 3.27. The Hall–Kier alpha value is -1.97. The first kappa shape index (κ1) is 17.4. The Morgan fingerprint density at radius 3 is 2.81 bits per heavy atom. The van der Waals surface area contributed by atoms with Gasteiger partial charge in [-0.05, 0) is 19.1 Å². The lowest BCUT2D eigenvalue weighted by Crippen LogP contribution is -2.12. The molecule has 0 atom stereocenters. The number of nitrogens with zero attached hydrogens (tertiary/aromatic N) is 5. The third-order valence-electron chi connectivity index (χ3n) is 3.84. The zero-order valence-corrected chi connectivity index (χ0v) is 17.0. The van der Waals surface area contributed by atoms with Crippen LogP contribution in [0.15, 0.2) is 56.3 Å². The fraction of sp³-hybridized carbons (Fsp3) is 0.176. The van der Waals surface area contributed by atoms with Gasteiger partial charge in [-0.15, -0.1) is 21.5 Å². The van der Waals surface area contributed by atoms with Crippen molar-refractivity contribution in [2.24, 2.45) is 0 Å². The van der Waals surface area contributed by atoms with Gasteiger partial charge in [-0.3, -0.25) is 9.20 Å². The number of rotatable bonds is 5. The van der Waals surface area contributed by atoms with Crippen molar-refractivity contribution in [1.29, 1.82) is 0 Å². The zero-order valence-electron chi connectivity index (χ0n) is 13.8. The van der Waals surface area contributed by atoms with Gasteiger partial charge < -0.3 is 4.57 Å². The predicted molar refractivity (Wildman–Crippen MR) is 108 cm³/mol. The SMILES string of the molecule is CCn1c(SCc2cc(=O)n3ccsc3n2)nnc1-c1ccc(Br)cc1. The fourth-order valence-corrected chi connectivity index (χ4v) is 4.49. The third-order valence-corrected chi connectivity index (χ3v) is 6.13. The lowest BCUT2D eigenvalue weighted by molar-refractivity contribution is 0.687. The highest BCUT2D eigenvalue weighted by molar-refractivity contribution is 9.10. The van der Waals surface area contributed by atoms with Gasteiger partial charge in [0.1, 0.15) is 0 Å². The summed E-state index contributed by atoms with van der Waals surface area (Å²) in [6.07, 6.45) is 1.74. The molecule has 0 aliphatic rings. The number of hydrogen-bond donors (Lipinski definition) is 0. The van der Waals surface area contributed by atoms with Gasteiger partial charge in [0.25, 0.3) is 5.56 Å². The maximum atomic E-state index is 12.1. The summed E-state index contributed by atoms with van der Waals surface area (Å²) in [5.41, 5.74) is 1.71. The highest BCUT2D eigenvalue weighted by atomic mass is 79.9. The first-order valence-electron chi connectivity index (χ1n) is 7.93. The number of thiazole rings is 1. The molecule has 0 amide bonds. The Morgan fingerprint density at radius 1 is 1.23 bits per heavy atom. The van der Waals surface area contributed by atoms with Gasteiger partial charge in [0.15, 0.2) is 15.9 Å². The molecule has 0 saturated heterocycles. The Morgan fingerprint density at radius 2 is 2.04 bits per heavy atom. The second-order valence-corrected chi connectivity index (χ2v) is 8.22. The first-order valence-corrected chi connectivity index (χ1v) is 10.6. The van der Waals surface area contributed by atoms with Crippen LogP contribution in [0.25, 0.3) is 16.3 Å². The van der Waals surface area contributed by atoms with E-state index >= 15 is 0 Å². The molecule has 0 aliphatic heterocycles. The van der Waals surface area contributed by atoms with E-state index in [1.807, 2.05) is 29.6 Å². The van der Waals surface area contributed by atoms with E-state index in [0.29, 0.717) is 10.7 Å². The number of halogens is 1. The zero-order chi connectivity index (χ0) is 18.1. The van der Waals surface area contributed by atoms with Crippen LogP contribution in [-0.2, 0) is 12.3 Å². The van der Waals surface area contributed by atoms with Crippen molar-refractivity contribution in [3.8, 4) is 11.4 Å². The standard InChI is InChI=1S/C17H14BrN5OS2/c1-2-22-15(11-3-5-12(18)6-4-11)20-21-17(22)26-10-13-9-14(24)23-7-8-25-16(23)19-13/h3-9H,2,10H2,1H3. The summed E-state index contributed by atoms with van der Waals surface area (Å²) in [6, 6.07) is 9.59. The molecule has 0 aliphatic carbocycles. The highest BCUT2D eigenvalue weighted by Crippen LogP contribution is 2.26. The number of aromatic nitrogens is 5. The molecule has 3 heterocycles. The molecule has 0 spiro atoms. The Labute approximate surface area is 166 Å². The molecule has 9 heteroatoms. The summed E-state index contributed by atoms with van der Waals surface area (Å²) in [7, 11) is 0. The van der Waals surface area contributed by atoms with Gasteiger partial charge in [-0.1, -0.05) is 39.8 Å². The third kappa shape index (κ3) is 3.34. The van der Waals surface area contributed by atoms with Crippen LogP contribution >= 0.6 is 39.0 Å². The van der Waals surface area contributed by atoms with E-state index in [0.717, 1.165) is 33.3 Å². The predicted octanol–water partition coefficient (Wildman–Crippen LogP) is 4.09. The molecule has 132 valence electrons. The van der Waals surface area contributed by atoms with Gasteiger partial charge in [-0.25, -0.2) is 4.98 Å². The Balaban J connectivity index is 1.60. The van der Waals surface area contributed by atoms with Gasteiger partial charge in [0.2, 0.25) is 0 Å². The number of hydrogen-bond acceptors (Lipinski definition) is 6. The average molecular weight is 448 g/mol. The number of benzene rings is 1. The Bertz CT molecular complexity index is 1120. The molecule has 0 unspecified atom stereocenters. The van der Waals surface area contributed by atoms with E-state index in [1.54, 1.807) is 16.7 Å². The lowest BCUT2D eigenvalue weighted by Gasteiger charge is -2.07. The maximum Gasteiger partial charge on any atom is 0.258 e. The fourth-order valence-electron chi connectivity index (χ4n) is 2.59. The molecule has 1 aromatic carbocycles. The normalized spacial score (nSPS) is 11.3. The topological polar surface area (TPSA) is 65.1 Å². The molecular weight excluding hydrogens is 434 g/mol. The van der Waals surface area contributed by atoms with Crippen LogP contribution in [0.5, 0.6) is 0 Å². The molecule has 26 heavy (non-hydrogen) atoms. The van der Waals surface area contributed by atoms with Crippen molar-refractivity contribution in [3.63, 3.8) is 0 Å². The number of fused-ring (bicyclic) bond motifs is 1. The highest BCUT2D eigenvalue weighted by Gasteiger charge is 2.14. The molecule has 6 nitrogen and oxygen atoms in total. The summed E-state index contributed by atoms with van der Waals surface area (Å²) >= 11 is 6.44. The molecule has 3 aromatic heterocycles. The van der Waals surface area contributed by atoms with Crippen LogP contribution in [0.4, 0.5) is 0 Å². The van der Waals surface area contributed by atoms with Crippen molar-refractivity contribution in [3.05, 3.63) is 62.4 Å². The minimum Gasteiger partial charge on any atom is -0.302 e. The van der Waals surface area contributed by atoms with Crippen molar-refractivity contribution in [2.75, 3.05) is 0 Å². The summed E-state index contributed by atoms with van der Waals surface area (Å²) in [4.78, 5) is 17.3. The number of thioether (sulfide) groups is 1. The monoisotopic (exact) mass is 447 g/mol. The molecule has 4 aromatic rings. The summed E-state index contributed by atoms with van der Waals surface area (Å²) < 4.78 is 4.66. The van der Waals surface area contributed by atoms with Gasteiger partial charge in [0, 0.05) is 40.0 Å². The van der Waals surface area contributed by atoms with Gasteiger partial charge in [0.05, 0.1) is 5.69 Å². The van der Waals surface area contributed by atoms with Crippen LogP contribution in [-0.4, -0.2) is 24.1 Å². The Kier molecular flexibility index (Phi) is 4.92. The second-order valence-electron chi connectivity index (χ2n) is 5.49. The van der Waals surface area contributed by atoms with Crippen LogP contribution in [0.2, 0.25) is 0 Å². The minimum atomic E-state index is -0.0561. The van der Waals surface area contributed by atoms with E-state index in [4.69, 9.17) is 0 Å². The molecule has 0 radical (unpaired) electrons. The molecule has 0 N–H and O–H groups in total. The summed E-state index contributed by atoms with van der Waals surface area (Å²) in [5, 5.41) is 11.4. The quantitative estimate of drug-likeness (QED) is 0.431. The van der Waals surface area contributed by atoms with E-state index < -0.39 is 0 Å². The van der Waals surface area contributed by atoms with Crippen LogP contribution in [0.3, 0.4) is 0 Å². The second kappa shape index (κ2) is 7.34.